The van der Waals surface area contributed by atoms with E-state index in [4.69, 9.17) is 4.74 Å². The summed E-state index contributed by atoms with van der Waals surface area (Å²) in [4.78, 5) is 43.1. The standard InChI is InChI=1S/C33H39N3O5/c1-21-11-9-10-14-26(21)34-30(38)29(24-15-17-25(37)18-16-24)36(28-19-22(28)2)31(39)27(20-23-12-7-6-8-13-23)35-32(40)41-33(3,4)5/h6-18,22,27-29,37H,19-20H2,1-5H3,(H,34,38)(H,35,40). The molecule has 0 saturated heterocycles. The monoisotopic (exact) mass is 557 g/mol. The highest BCUT2D eigenvalue weighted by Gasteiger charge is 2.48. The zero-order chi connectivity index (χ0) is 29.7. The number of hydrogen-bond donors (Lipinski definition) is 3. The summed E-state index contributed by atoms with van der Waals surface area (Å²) < 4.78 is 5.50. The molecule has 0 bridgehead atoms. The molecule has 3 aromatic rings. The minimum absolute atomic E-state index is 0.0537. The molecule has 0 radical (unpaired) electrons. The van der Waals surface area contributed by atoms with Crippen molar-refractivity contribution in [3.8, 4) is 5.75 Å². The predicted molar refractivity (Wildman–Crippen MR) is 158 cm³/mol. The number of anilines is 1. The molecule has 4 rings (SSSR count). The van der Waals surface area contributed by atoms with Gasteiger partial charge in [0.1, 0.15) is 23.4 Å². The Morgan fingerprint density at radius 3 is 2.17 bits per heavy atom. The number of carbonyl (C=O) groups is 3. The molecule has 0 heterocycles. The average Bonchev–Trinajstić information content (AvgIpc) is 3.63. The zero-order valence-corrected chi connectivity index (χ0v) is 24.3. The quantitative estimate of drug-likeness (QED) is 0.310. The van der Waals surface area contributed by atoms with Gasteiger partial charge in [-0.3, -0.25) is 9.59 Å². The molecule has 3 N–H and O–H groups in total. The molecule has 0 aliphatic heterocycles. The van der Waals surface area contributed by atoms with E-state index in [9.17, 15) is 19.5 Å². The Labute approximate surface area is 241 Å². The zero-order valence-electron chi connectivity index (χ0n) is 24.3. The molecular weight excluding hydrogens is 518 g/mol. The minimum Gasteiger partial charge on any atom is -0.508 e. The molecule has 1 saturated carbocycles. The second-order valence-electron chi connectivity index (χ2n) is 11.7. The number of phenolic OH excluding ortho intramolecular Hbond substituents is 1. The number of phenols is 1. The van der Waals surface area contributed by atoms with Crippen molar-refractivity contribution in [2.45, 2.75) is 71.2 Å². The van der Waals surface area contributed by atoms with Gasteiger partial charge in [-0.25, -0.2) is 4.79 Å². The number of carbonyl (C=O) groups excluding carboxylic acids is 3. The van der Waals surface area contributed by atoms with E-state index in [0.717, 1.165) is 17.5 Å². The number of alkyl carbamates (subject to hydrolysis) is 1. The number of rotatable bonds is 9. The smallest absolute Gasteiger partial charge is 0.408 e. The molecule has 1 aliphatic rings. The second kappa shape index (κ2) is 12.5. The summed E-state index contributed by atoms with van der Waals surface area (Å²) in [7, 11) is 0. The Kier molecular flexibility index (Phi) is 9.01. The van der Waals surface area contributed by atoms with Crippen LogP contribution in [0.3, 0.4) is 0 Å². The van der Waals surface area contributed by atoms with Crippen LogP contribution in [0.15, 0.2) is 78.9 Å². The van der Waals surface area contributed by atoms with E-state index in [0.29, 0.717) is 11.3 Å². The highest BCUT2D eigenvalue weighted by atomic mass is 16.6. The van der Waals surface area contributed by atoms with Crippen LogP contribution in [0.2, 0.25) is 0 Å². The number of aromatic hydroxyl groups is 1. The van der Waals surface area contributed by atoms with E-state index in [2.05, 4.69) is 10.6 Å². The first-order valence-electron chi connectivity index (χ1n) is 13.9. The Morgan fingerprint density at radius 1 is 0.976 bits per heavy atom. The molecule has 4 atom stereocenters. The SMILES string of the molecule is Cc1ccccc1NC(=O)C(c1ccc(O)cc1)N(C(=O)C(Cc1ccccc1)NC(=O)OC(C)(C)C)C1CC1C. The van der Waals surface area contributed by atoms with Gasteiger partial charge >= 0.3 is 6.09 Å². The van der Waals surface area contributed by atoms with Crippen LogP contribution in [0.4, 0.5) is 10.5 Å². The van der Waals surface area contributed by atoms with Crippen molar-refractivity contribution < 1.29 is 24.2 Å². The van der Waals surface area contributed by atoms with E-state index in [-0.39, 0.29) is 35.9 Å². The summed E-state index contributed by atoms with van der Waals surface area (Å²) >= 11 is 0. The summed E-state index contributed by atoms with van der Waals surface area (Å²) in [5.41, 5.74) is 2.19. The Bertz CT molecular complexity index is 1370. The lowest BCUT2D eigenvalue weighted by molar-refractivity contribution is -0.141. The first kappa shape index (κ1) is 29.6. The number of amides is 3. The first-order valence-corrected chi connectivity index (χ1v) is 13.9. The third kappa shape index (κ3) is 7.87. The van der Waals surface area contributed by atoms with Gasteiger partial charge in [0.25, 0.3) is 5.91 Å². The normalized spacial score (nSPS) is 17.6. The van der Waals surface area contributed by atoms with Crippen LogP contribution < -0.4 is 10.6 Å². The Hall–Kier alpha value is -4.33. The Balaban J connectivity index is 1.74. The van der Waals surface area contributed by atoms with Crippen molar-refractivity contribution in [3.63, 3.8) is 0 Å². The van der Waals surface area contributed by atoms with Crippen LogP contribution >= 0.6 is 0 Å². The van der Waals surface area contributed by atoms with Crippen LogP contribution in [0.1, 0.15) is 56.8 Å². The molecule has 8 nitrogen and oxygen atoms in total. The summed E-state index contributed by atoms with van der Waals surface area (Å²) in [6, 6.07) is 21.0. The molecular formula is C33H39N3O5. The van der Waals surface area contributed by atoms with Crippen LogP contribution in [0, 0.1) is 12.8 Å². The van der Waals surface area contributed by atoms with Crippen molar-refractivity contribution in [1.29, 1.82) is 0 Å². The van der Waals surface area contributed by atoms with Gasteiger partial charge in [0.2, 0.25) is 5.91 Å². The van der Waals surface area contributed by atoms with Crippen LogP contribution in [-0.2, 0) is 20.7 Å². The second-order valence-corrected chi connectivity index (χ2v) is 11.7. The largest absolute Gasteiger partial charge is 0.508 e. The molecule has 3 aromatic carbocycles. The molecule has 8 heteroatoms. The lowest BCUT2D eigenvalue weighted by Gasteiger charge is -2.35. The van der Waals surface area contributed by atoms with Crippen molar-refractivity contribution in [1.82, 2.24) is 10.2 Å². The first-order chi connectivity index (χ1) is 19.4. The fraction of sp³-hybridized carbons (Fsp3) is 0.364. The van der Waals surface area contributed by atoms with E-state index < -0.39 is 23.8 Å². The molecule has 0 aromatic heterocycles. The summed E-state index contributed by atoms with van der Waals surface area (Å²) in [6.45, 7) is 9.21. The lowest BCUT2D eigenvalue weighted by atomic mass is 9.99. The number of nitrogens with zero attached hydrogens (tertiary/aromatic N) is 1. The van der Waals surface area contributed by atoms with Crippen molar-refractivity contribution in [2.24, 2.45) is 5.92 Å². The van der Waals surface area contributed by atoms with Crippen molar-refractivity contribution >= 4 is 23.6 Å². The summed E-state index contributed by atoms with van der Waals surface area (Å²) in [6.07, 6.45) is 0.238. The van der Waals surface area contributed by atoms with Gasteiger partial charge in [0.05, 0.1) is 0 Å². The third-order valence-electron chi connectivity index (χ3n) is 7.09. The molecule has 41 heavy (non-hydrogen) atoms. The van der Waals surface area contributed by atoms with E-state index in [1.165, 1.54) is 12.1 Å². The van der Waals surface area contributed by atoms with Crippen molar-refractivity contribution in [2.75, 3.05) is 5.32 Å². The van der Waals surface area contributed by atoms with Gasteiger partial charge in [-0.05, 0) is 74.9 Å². The minimum atomic E-state index is -1.00. The highest BCUT2D eigenvalue weighted by Crippen LogP contribution is 2.41. The molecule has 216 valence electrons. The summed E-state index contributed by atoms with van der Waals surface area (Å²) in [5, 5.41) is 15.8. The Morgan fingerprint density at radius 2 is 1.59 bits per heavy atom. The van der Waals surface area contributed by atoms with Gasteiger partial charge < -0.3 is 25.4 Å². The van der Waals surface area contributed by atoms with Crippen LogP contribution in [0.25, 0.3) is 0 Å². The maximum atomic E-state index is 14.5. The highest BCUT2D eigenvalue weighted by molar-refractivity contribution is 5.99. The number of ether oxygens (including phenoxy) is 1. The number of benzene rings is 3. The lowest BCUT2D eigenvalue weighted by Crippen LogP contribution is -2.54. The fourth-order valence-electron chi connectivity index (χ4n) is 4.86. The maximum absolute atomic E-state index is 14.5. The summed E-state index contributed by atoms with van der Waals surface area (Å²) in [5.74, 6) is -0.540. The van der Waals surface area contributed by atoms with E-state index in [1.54, 1.807) is 37.8 Å². The molecule has 1 fully saturated rings. The van der Waals surface area contributed by atoms with Crippen LogP contribution in [-0.4, -0.2) is 45.6 Å². The number of nitrogens with one attached hydrogen (secondary N) is 2. The topological polar surface area (TPSA) is 108 Å². The van der Waals surface area contributed by atoms with Gasteiger partial charge in [0.15, 0.2) is 0 Å². The number of para-hydroxylation sites is 1. The van der Waals surface area contributed by atoms with Gasteiger partial charge in [-0.2, -0.15) is 0 Å². The number of hydrogen-bond acceptors (Lipinski definition) is 5. The van der Waals surface area contributed by atoms with Gasteiger partial charge in [-0.1, -0.05) is 67.6 Å². The maximum Gasteiger partial charge on any atom is 0.408 e. The number of aryl methyl sites for hydroxylation is 1. The molecule has 0 spiro atoms. The van der Waals surface area contributed by atoms with Gasteiger partial charge in [0, 0.05) is 18.2 Å². The molecule has 4 unspecified atom stereocenters. The van der Waals surface area contributed by atoms with E-state index in [1.807, 2.05) is 68.4 Å². The molecule has 1 aliphatic carbocycles. The third-order valence-corrected chi connectivity index (χ3v) is 7.09. The van der Waals surface area contributed by atoms with Crippen LogP contribution in [0.5, 0.6) is 5.75 Å². The average molecular weight is 558 g/mol. The fourth-order valence-corrected chi connectivity index (χ4v) is 4.86. The van der Waals surface area contributed by atoms with E-state index >= 15 is 0 Å². The predicted octanol–water partition coefficient (Wildman–Crippen LogP) is 5.75. The van der Waals surface area contributed by atoms with Gasteiger partial charge in [-0.15, -0.1) is 0 Å². The molecule has 3 amide bonds. The van der Waals surface area contributed by atoms with Crippen molar-refractivity contribution in [3.05, 3.63) is 95.6 Å².